The first-order chi connectivity index (χ1) is 13.6. The molecule has 2 aromatic carbocycles. The molecular weight excluding hydrogens is 398 g/mol. The molecule has 0 saturated carbocycles. The monoisotopic (exact) mass is 418 g/mol. The number of nitrogens with one attached hydrogen (secondary N) is 2. The highest BCUT2D eigenvalue weighted by Gasteiger charge is 2.24. The van der Waals surface area contributed by atoms with Gasteiger partial charge in [-0.3, -0.25) is 10.1 Å². The maximum atomic E-state index is 12.3. The van der Waals surface area contributed by atoms with E-state index in [1.165, 1.54) is 10.5 Å². The number of hydrogen-bond donors (Lipinski definition) is 2. The van der Waals surface area contributed by atoms with Crippen molar-refractivity contribution < 1.29 is 19.2 Å². The summed E-state index contributed by atoms with van der Waals surface area (Å²) < 4.78 is 10.8. The third-order valence-corrected chi connectivity index (χ3v) is 5.59. The summed E-state index contributed by atoms with van der Waals surface area (Å²) in [5, 5.41) is 3.89. The molecule has 2 aliphatic heterocycles. The van der Waals surface area contributed by atoms with Crippen LogP contribution >= 0.6 is 23.8 Å². The molecule has 0 aromatic heterocycles. The van der Waals surface area contributed by atoms with E-state index in [9.17, 15) is 4.79 Å². The molecule has 4 rings (SSSR count). The van der Waals surface area contributed by atoms with Gasteiger partial charge >= 0.3 is 0 Å². The Kier molecular flexibility index (Phi) is 5.66. The van der Waals surface area contributed by atoms with E-state index in [1.54, 1.807) is 24.3 Å². The molecule has 2 heterocycles. The first-order valence-corrected chi connectivity index (χ1v) is 9.95. The predicted octanol–water partition coefficient (Wildman–Crippen LogP) is 1.48. The van der Waals surface area contributed by atoms with Crippen LogP contribution in [0.4, 0.5) is 0 Å². The first kappa shape index (κ1) is 19.0. The van der Waals surface area contributed by atoms with E-state index in [4.69, 9.17) is 33.3 Å². The van der Waals surface area contributed by atoms with Crippen molar-refractivity contribution in [1.29, 1.82) is 0 Å². The Hall–Kier alpha value is -2.35. The average Bonchev–Trinajstić information content (AvgIpc) is 3.17. The maximum absolute atomic E-state index is 12.3. The van der Waals surface area contributed by atoms with E-state index >= 15 is 0 Å². The molecule has 28 heavy (non-hydrogen) atoms. The van der Waals surface area contributed by atoms with Crippen LogP contribution in [-0.4, -0.2) is 48.9 Å². The lowest BCUT2D eigenvalue weighted by molar-refractivity contribution is -0.917. The number of thiocarbonyl (C=S) groups is 1. The van der Waals surface area contributed by atoms with E-state index in [0.29, 0.717) is 22.5 Å². The summed E-state index contributed by atoms with van der Waals surface area (Å²) >= 11 is 11.3. The van der Waals surface area contributed by atoms with E-state index in [2.05, 4.69) is 17.4 Å². The zero-order chi connectivity index (χ0) is 19.5. The minimum atomic E-state index is -0.211. The molecule has 2 N–H and O–H groups in total. The van der Waals surface area contributed by atoms with E-state index in [-0.39, 0.29) is 5.91 Å². The summed E-state index contributed by atoms with van der Waals surface area (Å²) in [5.74, 6) is 1.42. The van der Waals surface area contributed by atoms with Crippen molar-refractivity contribution in [2.75, 3.05) is 33.0 Å². The van der Waals surface area contributed by atoms with Gasteiger partial charge in [-0.15, -0.1) is 0 Å². The molecule has 0 unspecified atom stereocenters. The Bertz CT molecular complexity index is 883. The molecule has 1 amide bonds. The van der Waals surface area contributed by atoms with Crippen molar-refractivity contribution >= 4 is 34.8 Å². The zero-order valence-corrected chi connectivity index (χ0v) is 16.8. The van der Waals surface area contributed by atoms with Crippen LogP contribution in [-0.2, 0) is 6.54 Å². The van der Waals surface area contributed by atoms with Gasteiger partial charge in [0.2, 0.25) is 6.79 Å². The number of ether oxygens (including phenoxy) is 2. The normalized spacial score (nSPS) is 16.1. The van der Waals surface area contributed by atoms with Gasteiger partial charge in [-0.1, -0.05) is 11.6 Å². The van der Waals surface area contributed by atoms with Crippen molar-refractivity contribution in [3.05, 3.63) is 58.6 Å². The van der Waals surface area contributed by atoms with Gasteiger partial charge in [0.15, 0.2) is 16.6 Å². The van der Waals surface area contributed by atoms with Crippen LogP contribution in [0.15, 0.2) is 42.5 Å². The lowest BCUT2D eigenvalue weighted by Crippen LogP contribution is -3.13. The number of fused-ring (bicyclic) bond motifs is 1. The van der Waals surface area contributed by atoms with Crippen molar-refractivity contribution in [3.63, 3.8) is 0 Å². The summed E-state index contributed by atoms with van der Waals surface area (Å²) in [6.45, 7) is 4.73. The van der Waals surface area contributed by atoms with Crippen LogP contribution in [0.3, 0.4) is 0 Å². The Morgan fingerprint density at radius 3 is 2.57 bits per heavy atom. The van der Waals surface area contributed by atoms with E-state index < -0.39 is 0 Å². The molecule has 2 aromatic rings. The van der Waals surface area contributed by atoms with Crippen LogP contribution in [0.1, 0.15) is 15.9 Å². The van der Waals surface area contributed by atoms with Gasteiger partial charge in [-0.25, -0.2) is 0 Å². The SMILES string of the molecule is O=C(NC(=S)N1CC[NH+](Cc2ccc3c(c2)OCO3)CC1)c1ccc(Cl)cc1. The van der Waals surface area contributed by atoms with Gasteiger partial charge in [0, 0.05) is 16.1 Å². The number of nitrogens with zero attached hydrogens (tertiary/aromatic N) is 1. The highest BCUT2D eigenvalue weighted by Crippen LogP contribution is 2.32. The number of hydrogen-bond acceptors (Lipinski definition) is 4. The molecular formula is C20H21ClN3O3S+. The third-order valence-electron chi connectivity index (χ3n) is 4.98. The number of quaternary nitrogens is 1. The standard InChI is InChI=1S/C20H20ClN3O3S/c21-16-4-2-15(3-5-16)19(25)22-20(28)24-9-7-23(8-10-24)12-14-1-6-17-18(11-14)27-13-26-17/h1-6,11H,7-10,12-13H2,(H,22,25,28)/p+1. The number of rotatable bonds is 3. The number of carbonyl (C=O) groups is 1. The minimum absolute atomic E-state index is 0.211. The zero-order valence-electron chi connectivity index (χ0n) is 15.2. The average molecular weight is 419 g/mol. The number of piperazine rings is 1. The van der Waals surface area contributed by atoms with Crippen molar-refractivity contribution in [3.8, 4) is 11.5 Å². The minimum Gasteiger partial charge on any atom is -0.454 e. The fraction of sp³-hybridized carbons (Fsp3) is 0.300. The Morgan fingerprint density at radius 1 is 1.11 bits per heavy atom. The molecule has 2 aliphatic rings. The molecule has 0 bridgehead atoms. The molecule has 1 saturated heterocycles. The molecule has 1 fully saturated rings. The number of benzene rings is 2. The maximum Gasteiger partial charge on any atom is 0.257 e. The van der Waals surface area contributed by atoms with Crippen molar-refractivity contribution in [1.82, 2.24) is 10.2 Å². The molecule has 0 radical (unpaired) electrons. The number of amides is 1. The molecule has 0 spiro atoms. The lowest BCUT2D eigenvalue weighted by Gasteiger charge is -2.33. The predicted molar refractivity (Wildman–Crippen MR) is 110 cm³/mol. The summed E-state index contributed by atoms with van der Waals surface area (Å²) in [5.41, 5.74) is 1.77. The van der Waals surface area contributed by atoms with Crippen LogP contribution in [0.2, 0.25) is 5.02 Å². The second kappa shape index (κ2) is 8.34. The van der Waals surface area contributed by atoms with Gasteiger partial charge in [0.1, 0.15) is 6.54 Å². The molecule has 8 heteroatoms. The van der Waals surface area contributed by atoms with Crippen LogP contribution < -0.4 is 19.7 Å². The molecule has 6 nitrogen and oxygen atoms in total. The highest BCUT2D eigenvalue weighted by atomic mass is 35.5. The van der Waals surface area contributed by atoms with Gasteiger partial charge in [-0.05, 0) is 54.7 Å². The van der Waals surface area contributed by atoms with Gasteiger partial charge in [0.05, 0.1) is 26.2 Å². The molecule has 0 aliphatic carbocycles. The smallest absolute Gasteiger partial charge is 0.257 e. The molecule has 146 valence electrons. The highest BCUT2D eigenvalue weighted by molar-refractivity contribution is 7.80. The first-order valence-electron chi connectivity index (χ1n) is 9.16. The van der Waals surface area contributed by atoms with Crippen LogP contribution in [0.25, 0.3) is 0 Å². The fourth-order valence-corrected chi connectivity index (χ4v) is 3.79. The lowest BCUT2D eigenvalue weighted by atomic mass is 10.1. The summed E-state index contributed by atoms with van der Waals surface area (Å²) in [7, 11) is 0. The second-order valence-corrected chi connectivity index (χ2v) is 7.69. The van der Waals surface area contributed by atoms with Crippen LogP contribution in [0.5, 0.6) is 11.5 Å². The largest absolute Gasteiger partial charge is 0.454 e. The second-order valence-electron chi connectivity index (χ2n) is 6.87. The topological polar surface area (TPSA) is 55.2 Å². The van der Waals surface area contributed by atoms with Crippen LogP contribution in [0, 0.1) is 0 Å². The summed E-state index contributed by atoms with van der Waals surface area (Å²) in [4.78, 5) is 15.8. The summed E-state index contributed by atoms with van der Waals surface area (Å²) in [6.07, 6.45) is 0. The van der Waals surface area contributed by atoms with Gasteiger partial charge in [0.25, 0.3) is 5.91 Å². The summed E-state index contributed by atoms with van der Waals surface area (Å²) in [6, 6.07) is 12.9. The Balaban J connectivity index is 1.27. The van der Waals surface area contributed by atoms with Gasteiger partial charge in [-0.2, -0.15) is 0 Å². The van der Waals surface area contributed by atoms with Crippen molar-refractivity contribution in [2.45, 2.75) is 6.54 Å². The quantitative estimate of drug-likeness (QED) is 0.740. The van der Waals surface area contributed by atoms with Crippen molar-refractivity contribution in [2.24, 2.45) is 0 Å². The number of carbonyl (C=O) groups excluding carboxylic acids is 1. The number of halogens is 1. The van der Waals surface area contributed by atoms with E-state index in [1.807, 2.05) is 11.0 Å². The Labute approximate surface area is 174 Å². The van der Waals surface area contributed by atoms with E-state index in [0.717, 1.165) is 44.2 Å². The molecule has 0 atom stereocenters. The Morgan fingerprint density at radius 2 is 1.82 bits per heavy atom. The third kappa shape index (κ3) is 4.38. The van der Waals surface area contributed by atoms with Gasteiger partial charge < -0.3 is 19.3 Å². The fourth-order valence-electron chi connectivity index (χ4n) is 3.39.